The molecule has 1 unspecified atom stereocenters. The van der Waals surface area contributed by atoms with Crippen LogP contribution in [0.3, 0.4) is 0 Å². The molecule has 0 aromatic heterocycles. The molecule has 56 valence electrons. The van der Waals surface area contributed by atoms with Gasteiger partial charge >= 0.3 is 0 Å². The maximum absolute atomic E-state index is 5.48. The van der Waals surface area contributed by atoms with Crippen LogP contribution in [0.15, 0.2) is 12.2 Å². The van der Waals surface area contributed by atoms with E-state index in [1.807, 2.05) is 0 Å². The molecule has 0 radical (unpaired) electrons. The lowest BCUT2D eigenvalue weighted by Crippen LogP contribution is -2.20. The highest BCUT2D eigenvalue weighted by molar-refractivity contribution is 5.13. The Morgan fingerprint density at radius 2 is 2.30 bits per heavy atom. The summed E-state index contributed by atoms with van der Waals surface area (Å²) in [6.07, 6.45) is 0.502. The zero-order valence-electron chi connectivity index (χ0n) is 6.17. The van der Waals surface area contributed by atoms with Gasteiger partial charge in [-0.05, 0) is 5.57 Å². The fraction of sp³-hybridized carbons (Fsp3) is 0.750. The minimum atomic E-state index is 0.204. The van der Waals surface area contributed by atoms with E-state index in [2.05, 4.69) is 13.5 Å². The molecule has 2 aliphatic heterocycles. The van der Waals surface area contributed by atoms with Gasteiger partial charge in [0, 0.05) is 5.92 Å². The average molecular weight is 140 g/mol. The van der Waals surface area contributed by atoms with Crippen LogP contribution in [0.4, 0.5) is 0 Å². The van der Waals surface area contributed by atoms with Crippen LogP contribution in [0.5, 0.6) is 0 Å². The minimum absolute atomic E-state index is 0.204. The molecule has 3 atom stereocenters. The fourth-order valence-corrected chi connectivity index (χ4v) is 1.63. The van der Waals surface area contributed by atoms with E-state index < -0.39 is 0 Å². The van der Waals surface area contributed by atoms with E-state index in [0.29, 0.717) is 18.6 Å². The van der Waals surface area contributed by atoms with Crippen LogP contribution in [0.2, 0.25) is 0 Å². The van der Waals surface area contributed by atoms with Gasteiger partial charge in [-0.15, -0.1) is 0 Å². The van der Waals surface area contributed by atoms with E-state index >= 15 is 0 Å². The van der Waals surface area contributed by atoms with Crippen molar-refractivity contribution in [1.82, 2.24) is 0 Å². The topological polar surface area (TPSA) is 18.5 Å². The van der Waals surface area contributed by atoms with Gasteiger partial charge in [0.15, 0.2) is 0 Å². The van der Waals surface area contributed by atoms with Crippen molar-refractivity contribution in [1.29, 1.82) is 0 Å². The summed E-state index contributed by atoms with van der Waals surface area (Å²) < 4.78 is 11.0. The highest BCUT2D eigenvalue weighted by atomic mass is 16.6. The van der Waals surface area contributed by atoms with Gasteiger partial charge in [0.2, 0.25) is 0 Å². The van der Waals surface area contributed by atoms with E-state index in [1.165, 1.54) is 0 Å². The van der Waals surface area contributed by atoms with Crippen molar-refractivity contribution >= 4 is 0 Å². The number of hydrogen-bond acceptors (Lipinski definition) is 2. The van der Waals surface area contributed by atoms with E-state index in [0.717, 1.165) is 12.2 Å². The largest absolute Gasteiger partial charge is 0.371 e. The lowest BCUT2D eigenvalue weighted by molar-refractivity contribution is 0.0669. The first-order chi connectivity index (χ1) is 4.79. The Balaban J connectivity index is 2.16. The Kier molecular flexibility index (Phi) is 1.32. The molecule has 0 amide bonds. The van der Waals surface area contributed by atoms with Gasteiger partial charge in [-0.1, -0.05) is 13.5 Å². The molecule has 2 heteroatoms. The van der Waals surface area contributed by atoms with E-state index in [4.69, 9.17) is 9.47 Å². The van der Waals surface area contributed by atoms with E-state index in [9.17, 15) is 0 Å². The van der Waals surface area contributed by atoms with Crippen molar-refractivity contribution < 1.29 is 9.47 Å². The summed E-state index contributed by atoms with van der Waals surface area (Å²) in [5.41, 5.74) is 1.11. The predicted molar refractivity (Wildman–Crippen MR) is 37.8 cm³/mol. The van der Waals surface area contributed by atoms with Crippen LogP contribution >= 0.6 is 0 Å². The normalized spacial score (nSPS) is 46.1. The number of hydrogen-bond donors (Lipinski definition) is 0. The van der Waals surface area contributed by atoms with Gasteiger partial charge in [-0.3, -0.25) is 0 Å². The monoisotopic (exact) mass is 140 g/mol. The molecule has 2 heterocycles. The van der Waals surface area contributed by atoms with Crippen LogP contribution in [-0.2, 0) is 9.47 Å². The minimum Gasteiger partial charge on any atom is -0.371 e. The first kappa shape index (κ1) is 6.38. The van der Waals surface area contributed by atoms with Crippen molar-refractivity contribution in [3.05, 3.63) is 12.2 Å². The quantitative estimate of drug-likeness (QED) is 0.467. The second kappa shape index (κ2) is 2.07. The highest BCUT2D eigenvalue weighted by Gasteiger charge is 2.41. The zero-order chi connectivity index (χ0) is 7.14. The lowest BCUT2D eigenvalue weighted by Gasteiger charge is -2.08. The average Bonchev–Trinajstić information content (AvgIpc) is 2.41. The maximum Gasteiger partial charge on any atom is 0.107 e. The second-order valence-electron chi connectivity index (χ2n) is 3.17. The Hall–Kier alpha value is -0.340. The Labute approximate surface area is 60.8 Å². The van der Waals surface area contributed by atoms with Gasteiger partial charge in [0.05, 0.1) is 19.3 Å². The van der Waals surface area contributed by atoms with Crippen molar-refractivity contribution in [3.8, 4) is 0 Å². The summed E-state index contributed by atoms with van der Waals surface area (Å²) in [7, 11) is 0. The van der Waals surface area contributed by atoms with Crippen LogP contribution in [0.1, 0.15) is 6.92 Å². The van der Waals surface area contributed by atoms with Gasteiger partial charge < -0.3 is 9.47 Å². The summed E-state index contributed by atoms with van der Waals surface area (Å²) in [4.78, 5) is 0. The van der Waals surface area contributed by atoms with E-state index in [-0.39, 0.29) is 6.10 Å². The third kappa shape index (κ3) is 0.724. The van der Waals surface area contributed by atoms with Gasteiger partial charge in [0.1, 0.15) is 6.10 Å². The molecule has 2 rings (SSSR count). The second-order valence-corrected chi connectivity index (χ2v) is 3.17. The number of fused-ring (bicyclic) bond motifs is 1. The molecular formula is C8H12O2. The Bertz CT molecular complexity index is 165. The van der Waals surface area contributed by atoms with Crippen LogP contribution in [0, 0.1) is 5.92 Å². The lowest BCUT2D eigenvalue weighted by atomic mass is 10.0. The Morgan fingerprint density at radius 3 is 3.00 bits per heavy atom. The van der Waals surface area contributed by atoms with Crippen molar-refractivity contribution in [2.45, 2.75) is 19.1 Å². The first-order valence-electron chi connectivity index (χ1n) is 3.70. The van der Waals surface area contributed by atoms with Crippen LogP contribution in [0.25, 0.3) is 0 Å². The molecule has 0 bridgehead atoms. The van der Waals surface area contributed by atoms with E-state index in [1.54, 1.807) is 0 Å². The molecule has 0 aromatic rings. The molecule has 10 heavy (non-hydrogen) atoms. The molecule has 0 aromatic carbocycles. The molecule has 0 N–H and O–H groups in total. The number of ether oxygens (including phenoxy) is 2. The van der Waals surface area contributed by atoms with Crippen molar-refractivity contribution in [2.75, 3.05) is 13.2 Å². The van der Waals surface area contributed by atoms with Gasteiger partial charge in [-0.2, -0.15) is 0 Å². The van der Waals surface area contributed by atoms with Crippen molar-refractivity contribution in [3.63, 3.8) is 0 Å². The summed E-state index contributed by atoms with van der Waals surface area (Å²) in [6, 6.07) is 0. The van der Waals surface area contributed by atoms with Gasteiger partial charge in [-0.25, -0.2) is 0 Å². The zero-order valence-corrected chi connectivity index (χ0v) is 6.17. The molecule has 2 nitrogen and oxygen atoms in total. The SMILES string of the molecule is C=C1CO[C@@H]2C(C)CO[C@H]12. The predicted octanol–water partition coefficient (Wildman–Crippen LogP) is 0.976. The third-order valence-corrected chi connectivity index (χ3v) is 2.26. The molecule has 2 fully saturated rings. The maximum atomic E-state index is 5.48. The standard InChI is InChI=1S/C8H12O2/c1-5-3-9-8-6(2)4-10-7(5)8/h6-8H,1,3-4H2,2H3/t6?,7-,8-/m1/s1. The molecule has 0 saturated carbocycles. The molecule has 0 spiro atoms. The fourth-order valence-electron chi connectivity index (χ4n) is 1.63. The van der Waals surface area contributed by atoms with Crippen LogP contribution in [-0.4, -0.2) is 25.4 Å². The Morgan fingerprint density at radius 1 is 1.50 bits per heavy atom. The number of rotatable bonds is 0. The van der Waals surface area contributed by atoms with Crippen LogP contribution < -0.4 is 0 Å². The smallest absolute Gasteiger partial charge is 0.107 e. The van der Waals surface area contributed by atoms with Crippen molar-refractivity contribution in [2.24, 2.45) is 5.92 Å². The van der Waals surface area contributed by atoms with Gasteiger partial charge in [0.25, 0.3) is 0 Å². The molecular weight excluding hydrogens is 128 g/mol. The molecule has 2 aliphatic rings. The summed E-state index contributed by atoms with van der Waals surface area (Å²) in [5, 5.41) is 0. The molecule has 2 saturated heterocycles. The first-order valence-corrected chi connectivity index (χ1v) is 3.70. The summed E-state index contributed by atoms with van der Waals surface area (Å²) >= 11 is 0. The third-order valence-electron chi connectivity index (χ3n) is 2.26. The summed E-state index contributed by atoms with van der Waals surface area (Å²) in [6.45, 7) is 7.56. The summed E-state index contributed by atoms with van der Waals surface area (Å²) in [5.74, 6) is 0.546. The highest BCUT2D eigenvalue weighted by Crippen LogP contribution is 2.32. The molecule has 0 aliphatic carbocycles.